The van der Waals surface area contributed by atoms with E-state index < -0.39 is 5.97 Å². The van der Waals surface area contributed by atoms with E-state index in [1.807, 2.05) is 0 Å². The molecule has 0 spiro atoms. The van der Waals surface area contributed by atoms with E-state index in [4.69, 9.17) is 22.3 Å². The minimum Gasteiger partial charge on any atom is -0.478 e. The average molecular weight is 277 g/mol. The van der Waals surface area contributed by atoms with Gasteiger partial charge in [-0.05, 0) is 30.0 Å². The first-order chi connectivity index (χ1) is 8.95. The van der Waals surface area contributed by atoms with Gasteiger partial charge in [-0.25, -0.2) is 14.8 Å². The lowest BCUT2D eigenvalue weighted by Gasteiger charge is -2.06. The molecule has 7 N–H and O–H groups in total. The Morgan fingerprint density at radius 3 is 2.32 bits per heavy atom. The number of nitrogens with two attached hydrogens (primary N) is 3. The summed E-state index contributed by atoms with van der Waals surface area (Å²) in [5.41, 5.74) is 17.1. The topological polar surface area (TPSA) is 141 Å². The molecule has 8 heteroatoms. The molecule has 1 heterocycles. The van der Waals surface area contributed by atoms with Crippen molar-refractivity contribution in [1.29, 1.82) is 0 Å². The molecule has 2 rings (SSSR count). The molecule has 0 bridgehead atoms. The molecule has 0 radical (unpaired) electrons. The Morgan fingerprint density at radius 1 is 1.11 bits per heavy atom. The fourth-order valence-corrected chi connectivity index (χ4v) is 2.30. The monoisotopic (exact) mass is 277 g/mol. The molecular formula is C11H11N5O2S. The summed E-state index contributed by atoms with van der Waals surface area (Å²) >= 11 is 1.06. The highest BCUT2D eigenvalue weighted by molar-refractivity contribution is 7.99. The third-order valence-corrected chi connectivity index (χ3v) is 3.12. The molecule has 98 valence electrons. The summed E-state index contributed by atoms with van der Waals surface area (Å²) < 4.78 is 0. The maximum absolute atomic E-state index is 11.1. The van der Waals surface area contributed by atoms with E-state index >= 15 is 0 Å². The summed E-state index contributed by atoms with van der Waals surface area (Å²) in [7, 11) is 0. The van der Waals surface area contributed by atoms with Crippen LogP contribution in [0.3, 0.4) is 0 Å². The molecule has 2 aromatic rings. The van der Waals surface area contributed by atoms with Crippen LogP contribution in [0.15, 0.2) is 34.3 Å². The smallest absolute Gasteiger partial charge is 0.336 e. The molecule has 1 aromatic heterocycles. The largest absolute Gasteiger partial charge is 0.478 e. The Hall–Kier alpha value is -2.48. The highest BCUT2D eigenvalue weighted by Crippen LogP contribution is 2.30. The van der Waals surface area contributed by atoms with Gasteiger partial charge < -0.3 is 22.3 Å². The number of anilines is 3. The van der Waals surface area contributed by atoms with E-state index in [-0.39, 0.29) is 22.4 Å². The van der Waals surface area contributed by atoms with Gasteiger partial charge in [0.25, 0.3) is 0 Å². The number of aromatic carboxylic acids is 1. The van der Waals surface area contributed by atoms with Gasteiger partial charge >= 0.3 is 5.97 Å². The third kappa shape index (κ3) is 3.05. The lowest BCUT2D eigenvalue weighted by molar-refractivity contribution is 0.0693. The van der Waals surface area contributed by atoms with Gasteiger partial charge in [0.1, 0.15) is 11.6 Å². The van der Waals surface area contributed by atoms with Crippen LogP contribution < -0.4 is 17.2 Å². The first-order valence-corrected chi connectivity index (χ1v) is 5.98. The Labute approximate surface area is 112 Å². The SMILES string of the molecule is Nc1ccc(Sc2nc(N)cc(N)n2)c(C(=O)O)c1. The fourth-order valence-electron chi connectivity index (χ4n) is 1.41. The Morgan fingerprint density at radius 2 is 1.74 bits per heavy atom. The number of benzene rings is 1. The first-order valence-electron chi connectivity index (χ1n) is 5.16. The zero-order valence-corrected chi connectivity index (χ0v) is 10.5. The van der Waals surface area contributed by atoms with Crippen molar-refractivity contribution in [3.63, 3.8) is 0 Å². The van der Waals surface area contributed by atoms with Crippen LogP contribution in [0.4, 0.5) is 17.3 Å². The average Bonchev–Trinajstić information content (AvgIpc) is 2.30. The van der Waals surface area contributed by atoms with Crippen LogP contribution in [-0.4, -0.2) is 21.0 Å². The molecule has 7 nitrogen and oxygen atoms in total. The predicted octanol–water partition coefficient (Wildman–Crippen LogP) is 1.07. The standard InChI is InChI=1S/C11H11N5O2S/c12-5-1-2-7(6(3-5)10(17)18)19-11-15-8(13)4-9(14)16-11/h1-4H,12H2,(H,17,18)(H4,13,14,15,16). The Balaban J connectivity index is 2.40. The van der Waals surface area contributed by atoms with Gasteiger partial charge in [-0.15, -0.1) is 0 Å². The number of hydrogen-bond donors (Lipinski definition) is 4. The maximum atomic E-state index is 11.1. The molecule has 0 aliphatic rings. The second-order valence-corrected chi connectivity index (χ2v) is 4.67. The van der Waals surface area contributed by atoms with Crippen molar-refractivity contribution in [2.45, 2.75) is 10.1 Å². The zero-order valence-electron chi connectivity index (χ0n) is 9.70. The van der Waals surface area contributed by atoms with Crippen molar-refractivity contribution in [2.75, 3.05) is 17.2 Å². The number of nitrogens with zero attached hydrogens (tertiary/aromatic N) is 2. The van der Waals surface area contributed by atoms with Crippen LogP contribution in [0.25, 0.3) is 0 Å². The van der Waals surface area contributed by atoms with Crippen molar-refractivity contribution in [3.05, 3.63) is 29.8 Å². The fraction of sp³-hybridized carbons (Fsp3) is 0. The van der Waals surface area contributed by atoms with Gasteiger partial charge in [0.15, 0.2) is 5.16 Å². The number of rotatable bonds is 3. The number of carbonyl (C=O) groups is 1. The van der Waals surface area contributed by atoms with Crippen LogP contribution in [-0.2, 0) is 0 Å². The number of carboxylic acid groups (broad SMARTS) is 1. The summed E-state index contributed by atoms with van der Waals surface area (Å²) in [5, 5.41) is 9.40. The van der Waals surface area contributed by atoms with Gasteiger partial charge in [-0.3, -0.25) is 0 Å². The molecule has 0 aliphatic heterocycles. The number of carboxylic acids is 1. The molecule has 19 heavy (non-hydrogen) atoms. The minimum absolute atomic E-state index is 0.0783. The molecule has 0 atom stereocenters. The summed E-state index contributed by atoms with van der Waals surface area (Å²) in [6, 6.07) is 5.99. The van der Waals surface area contributed by atoms with E-state index in [0.717, 1.165) is 11.8 Å². The summed E-state index contributed by atoms with van der Waals surface area (Å²) in [6.07, 6.45) is 0. The highest BCUT2D eigenvalue weighted by atomic mass is 32.2. The Bertz CT molecular complexity index is 627. The zero-order chi connectivity index (χ0) is 14.0. The molecule has 0 saturated heterocycles. The predicted molar refractivity (Wildman–Crippen MR) is 72.8 cm³/mol. The van der Waals surface area contributed by atoms with Crippen LogP contribution in [0.1, 0.15) is 10.4 Å². The van der Waals surface area contributed by atoms with Gasteiger partial charge in [0.2, 0.25) is 0 Å². The third-order valence-electron chi connectivity index (χ3n) is 2.18. The molecule has 0 unspecified atom stereocenters. The molecule has 0 aliphatic carbocycles. The van der Waals surface area contributed by atoms with Crippen LogP contribution in [0.2, 0.25) is 0 Å². The number of hydrogen-bond acceptors (Lipinski definition) is 7. The molecular weight excluding hydrogens is 266 g/mol. The van der Waals surface area contributed by atoms with Crippen molar-refractivity contribution < 1.29 is 9.90 Å². The summed E-state index contributed by atoms with van der Waals surface area (Å²) in [6.45, 7) is 0. The maximum Gasteiger partial charge on any atom is 0.336 e. The van der Waals surface area contributed by atoms with Crippen molar-refractivity contribution >= 4 is 35.1 Å². The molecule has 0 saturated carbocycles. The second-order valence-electron chi connectivity index (χ2n) is 3.66. The van der Waals surface area contributed by atoms with E-state index in [9.17, 15) is 4.79 Å². The molecule has 1 aromatic carbocycles. The summed E-state index contributed by atoms with van der Waals surface area (Å²) in [4.78, 5) is 19.6. The van der Waals surface area contributed by atoms with Gasteiger partial charge in [-0.1, -0.05) is 0 Å². The highest BCUT2D eigenvalue weighted by Gasteiger charge is 2.13. The second kappa shape index (κ2) is 5.02. The van der Waals surface area contributed by atoms with E-state index in [2.05, 4.69) is 9.97 Å². The quantitative estimate of drug-likeness (QED) is 0.482. The number of aromatic nitrogens is 2. The lowest BCUT2D eigenvalue weighted by Crippen LogP contribution is -2.02. The van der Waals surface area contributed by atoms with Crippen LogP contribution >= 0.6 is 11.8 Å². The van der Waals surface area contributed by atoms with Crippen molar-refractivity contribution in [1.82, 2.24) is 9.97 Å². The van der Waals surface area contributed by atoms with Crippen LogP contribution in [0.5, 0.6) is 0 Å². The first kappa shape index (κ1) is 13.0. The molecule has 0 amide bonds. The minimum atomic E-state index is -1.08. The number of nitrogen functional groups attached to an aromatic ring is 3. The van der Waals surface area contributed by atoms with E-state index in [1.165, 1.54) is 12.1 Å². The van der Waals surface area contributed by atoms with Crippen LogP contribution in [0, 0.1) is 0 Å². The Kier molecular flexibility index (Phi) is 3.43. The van der Waals surface area contributed by atoms with E-state index in [1.54, 1.807) is 12.1 Å². The summed E-state index contributed by atoms with van der Waals surface area (Å²) in [5.74, 6) is -0.628. The van der Waals surface area contributed by atoms with Gasteiger partial charge in [-0.2, -0.15) is 0 Å². The van der Waals surface area contributed by atoms with Crippen molar-refractivity contribution in [2.24, 2.45) is 0 Å². The normalized spacial score (nSPS) is 10.3. The van der Waals surface area contributed by atoms with Gasteiger partial charge in [0, 0.05) is 16.6 Å². The van der Waals surface area contributed by atoms with Crippen molar-refractivity contribution in [3.8, 4) is 0 Å². The van der Waals surface area contributed by atoms with Gasteiger partial charge in [0.05, 0.1) is 5.56 Å². The van der Waals surface area contributed by atoms with E-state index in [0.29, 0.717) is 10.6 Å². The molecule has 0 fully saturated rings. The lowest BCUT2D eigenvalue weighted by atomic mass is 10.2.